The molecule has 0 bridgehead atoms. The third-order valence-corrected chi connectivity index (χ3v) is 8.34. The molecule has 2 aliphatic rings. The Morgan fingerprint density at radius 3 is 2.33 bits per heavy atom. The van der Waals surface area contributed by atoms with Crippen LogP contribution < -0.4 is 5.32 Å². The number of thiophene rings is 1. The highest BCUT2D eigenvalue weighted by molar-refractivity contribution is 7.13. The normalized spacial score (nSPS) is 20.4. The third-order valence-electron chi connectivity index (χ3n) is 7.34. The quantitative estimate of drug-likeness (QED) is 0.530. The molecule has 2 amide bonds. The van der Waals surface area contributed by atoms with Crippen molar-refractivity contribution in [3.05, 3.63) is 75.3 Å². The monoisotopic (exact) mass is 504 g/mol. The summed E-state index contributed by atoms with van der Waals surface area (Å²) in [5.41, 5.74) is 3.01. The number of likely N-dealkylation sites (tertiary alicyclic amines) is 2. The van der Waals surface area contributed by atoms with Gasteiger partial charge in [-0.1, -0.05) is 6.07 Å². The number of amides is 2. The van der Waals surface area contributed by atoms with Crippen LogP contribution in [0.2, 0.25) is 0 Å². The Bertz CT molecular complexity index is 1210. The van der Waals surface area contributed by atoms with E-state index in [0.717, 1.165) is 66.0 Å². The van der Waals surface area contributed by atoms with Crippen molar-refractivity contribution in [3.8, 4) is 0 Å². The van der Waals surface area contributed by atoms with Crippen LogP contribution in [0.1, 0.15) is 54.5 Å². The minimum Gasteiger partial charge on any atom is -0.343 e. The summed E-state index contributed by atoms with van der Waals surface area (Å²) in [6.07, 6.45) is 4.08. The smallest absolute Gasteiger partial charge is 0.261 e. The largest absolute Gasteiger partial charge is 0.343 e. The molecule has 188 valence electrons. The lowest BCUT2D eigenvalue weighted by Crippen LogP contribution is -2.36. The van der Waals surface area contributed by atoms with Crippen LogP contribution in [0.5, 0.6) is 0 Å². The van der Waals surface area contributed by atoms with E-state index in [1.807, 2.05) is 56.0 Å². The number of nitrogens with one attached hydrogen (secondary N) is 1. The molecule has 1 N–H and O–H groups in total. The summed E-state index contributed by atoms with van der Waals surface area (Å²) in [6, 6.07) is 9.53. The van der Waals surface area contributed by atoms with Crippen molar-refractivity contribution < 1.29 is 9.59 Å². The second-order valence-electron chi connectivity index (χ2n) is 9.89. The molecule has 3 atom stereocenters. The fraction of sp³-hybridized carbons (Fsp3) is 0.444. The van der Waals surface area contributed by atoms with Crippen LogP contribution in [0.4, 0.5) is 0 Å². The minimum atomic E-state index is -0.149. The highest BCUT2D eigenvalue weighted by Crippen LogP contribution is 2.33. The van der Waals surface area contributed by atoms with Crippen LogP contribution >= 0.6 is 11.3 Å². The van der Waals surface area contributed by atoms with Gasteiger partial charge >= 0.3 is 0 Å². The summed E-state index contributed by atoms with van der Waals surface area (Å²) in [5, 5.41) is 3.21. The molecule has 5 rings (SSSR count). The Balaban J connectivity index is 1.19. The van der Waals surface area contributed by atoms with E-state index >= 15 is 0 Å². The number of aromatic nitrogens is 3. The molecule has 3 aromatic rings. The van der Waals surface area contributed by atoms with E-state index in [9.17, 15) is 9.59 Å². The molecule has 36 heavy (non-hydrogen) atoms. The molecular formula is C27H32N6O2S. The Morgan fingerprint density at radius 1 is 1.00 bits per heavy atom. The summed E-state index contributed by atoms with van der Waals surface area (Å²) >= 11 is 1.51. The Hall–Kier alpha value is -3.17. The molecule has 2 aliphatic heterocycles. The first kappa shape index (κ1) is 24.5. The zero-order chi connectivity index (χ0) is 25.2. The van der Waals surface area contributed by atoms with E-state index in [1.165, 1.54) is 17.7 Å². The number of hydrogen-bond acceptors (Lipinski definition) is 7. The van der Waals surface area contributed by atoms with Crippen LogP contribution in [0.15, 0.2) is 42.9 Å². The Morgan fingerprint density at radius 2 is 1.72 bits per heavy atom. The van der Waals surface area contributed by atoms with Gasteiger partial charge in [0.2, 0.25) is 0 Å². The summed E-state index contributed by atoms with van der Waals surface area (Å²) < 4.78 is 0. The predicted molar refractivity (Wildman–Crippen MR) is 139 cm³/mol. The topological polar surface area (TPSA) is 91.3 Å². The fourth-order valence-corrected chi connectivity index (χ4v) is 6.24. The van der Waals surface area contributed by atoms with Crippen LogP contribution in [0, 0.1) is 32.6 Å². The van der Waals surface area contributed by atoms with Crippen LogP contribution in [-0.4, -0.2) is 69.3 Å². The number of carbonyl (C=O) groups is 2. The van der Waals surface area contributed by atoms with Gasteiger partial charge in [0.1, 0.15) is 6.33 Å². The van der Waals surface area contributed by atoms with E-state index in [2.05, 4.69) is 25.2 Å². The van der Waals surface area contributed by atoms with Crippen molar-refractivity contribution in [1.82, 2.24) is 30.1 Å². The lowest BCUT2D eigenvalue weighted by Gasteiger charge is -2.24. The first-order chi connectivity index (χ1) is 17.4. The number of carbonyl (C=O) groups excluding carboxylic acids is 2. The van der Waals surface area contributed by atoms with E-state index in [-0.39, 0.29) is 17.9 Å². The molecular weight excluding hydrogens is 472 g/mol. The van der Waals surface area contributed by atoms with Crippen LogP contribution in [-0.2, 0) is 0 Å². The van der Waals surface area contributed by atoms with E-state index in [4.69, 9.17) is 0 Å². The molecule has 2 fully saturated rings. The lowest BCUT2D eigenvalue weighted by molar-refractivity contribution is 0.0771. The number of rotatable bonds is 7. The zero-order valence-corrected chi connectivity index (χ0v) is 21.8. The standard InChI is InChI=1S/C27H32N6O2S/c1-17-7-8-24(36-17)26(34)31-23(22-6-4-5-10-28-22)9-11-32-12-20-14-33(15-21(20)13-32)27(35)25-18(2)29-16-30-19(25)3/h4-8,10,16,20-21,23H,9,11-15H2,1-3H3,(H,31,34)/t20?,21?,23-/m0/s1. The summed E-state index contributed by atoms with van der Waals surface area (Å²) in [7, 11) is 0. The maximum atomic E-state index is 13.2. The van der Waals surface area contributed by atoms with Crippen molar-refractivity contribution in [2.45, 2.75) is 33.2 Å². The molecule has 0 spiro atoms. The summed E-state index contributed by atoms with van der Waals surface area (Å²) in [6.45, 7) is 10.1. The average Bonchev–Trinajstić information content (AvgIpc) is 3.57. The minimum absolute atomic E-state index is 0.0493. The second-order valence-corrected chi connectivity index (χ2v) is 11.2. The number of hydrogen-bond donors (Lipinski definition) is 1. The van der Waals surface area contributed by atoms with Crippen molar-refractivity contribution in [2.75, 3.05) is 32.7 Å². The number of aryl methyl sites for hydroxylation is 3. The third kappa shape index (κ3) is 5.17. The molecule has 2 unspecified atom stereocenters. The molecule has 0 aliphatic carbocycles. The maximum Gasteiger partial charge on any atom is 0.261 e. The molecule has 0 aromatic carbocycles. The molecule has 2 saturated heterocycles. The van der Waals surface area contributed by atoms with Gasteiger partial charge < -0.3 is 15.1 Å². The van der Waals surface area contributed by atoms with Gasteiger partial charge in [-0.25, -0.2) is 9.97 Å². The average molecular weight is 505 g/mol. The Kier molecular flexibility index (Phi) is 7.11. The lowest BCUT2D eigenvalue weighted by atomic mass is 10.0. The number of nitrogens with zero attached hydrogens (tertiary/aromatic N) is 5. The van der Waals surface area contributed by atoms with Crippen molar-refractivity contribution in [3.63, 3.8) is 0 Å². The first-order valence-electron chi connectivity index (χ1n) is 12.5. The fourth-order valence-electron chi connectivity index (χ4n) is 5.47. The molecule has 0 radical (unpaired) electrons. The van der Waals surface area contributed by atoms with Gasteiger partial charge in [-0.3, -0.25) is 14.6 Å². The SMILES string of the molecule is Cc1ccc(C(=O)N[C@@H](CCN2CC3CN(C(=O)c4c(C)ncnc4C)CC3C2)c2ccccn2)s1. The van der Waals surface area contributed by atoms with Crippen molar-refractivity contribution in [2.24, 2.45) is 11.8 Å². The highest BCUT2D eigenvalue weighted by Gasteiger charge is 2.42. The van der Waals surface area contributed by atoms with Gasteiger partial charge in [0.15, 0.2) is 0 Å². The van der Waals surface area contributed by atoms with Gasteiger partial charge in [0, 0.05) is 43.8 Å². The molecule has 5 heterocycles. The zero-order valence-electron chi connectivity index (χ0n) is 21.0. The predicted octanol–water partition coefficient (Wildman–Crippen LogP) is 3.42. The number of fused-ring (bicyclic) bond motifs is 1. The summed E-state index contributed by atoms with van der Waals surface area (Å²) in [4.78, 5) is 45.3. The summed E-state index contributed by atoms with van der Waals surface area (Å²) in [5.74, 6) is 0.937. The first-order valence-corrected chi connectivity index (χ1v) is 13.3. The molecule has 0 saturated carbocycles. The van der Waals surface area contributed by atoms with Gasteiger partial charge in [-0.05, 0) is 63.3 Å². The van der Waals surface area contributed by atoms with Crippen LogP contribution in [0.3, 0.4) is 0 Å². The van der Waals surface area contributed by atoms with E-state index in [0.29, 0.717) is 17.4 Å². The van der Waals surface area contributed by atoms with Crippen molar-refractivity contribution in [1.29, 1.82) is 0 Å². The van der Waals surface area contributed by atoms with Crippen LogP contribution in [0.25, 0.3) is 0 Å². The van der Waals surface area contributed by atoms with Gasteiger partial charge in [0.25, 0.3) is 11.8 Å². The number of pyridine rings is 1. The Labute approximate surface area is 215 Å². The van der Waals surface area contributed by atoms with Gasteiger partial charge in [0.05, 0.1) is 33.6 Å². The van der Waals surface area contributed by atoms with E-state index < -0.39 is 0 Å². The van der Waals surface area contributed by atoms with Gasteiger partial charge in [-0.2, -0.15) is 0 Å². The highest BCUT2D eigenvalue weighted by atomic mass is 32.1. The molecule has 3 aromatic heterocycles. The second kappa shape index (κ2) is 10.4. The molecule has 8 nitrogen and oxygen atoms in total. The molecule has 9 heteroatoms. The maximum absolute atomic E-state index is 13.2. The van der Waals surface area contributed by atoms with Crippen molar-refractivity contribution >= 4 is 23.2 Å². The van der Waals surface area contributed by atoms with E-state index in [1.54, 1.807) is 6.20 Å². The van der Waals surface area contributed by atoms with Gasteiger partial charge in [-0.15, -0.1) is 11.3 Å².